The second kappa shape index (κ2) is 6.68. The molecule has 0 amide bonds. The largest absolute Gasteiger partial charge is 0.369 e. The van der Waals surface area contributed by atoms with E-state index in [0.717, 1.165) is 0 Å². The average Bonchev–Trinajstić information content (AvgIpc) is 2.53. The Morgan fingerprint density at radius 2 is 1.91 bits per heavy atom. The van der Waals surface area contributed by atoms with Crippen molar-refractivity contribution in [3.05, 3.63) is 53.7 Å². The highest BCUT2D eigenvalue weighted by atomic mass is 32.2. The lowest BCUT2D eigenvalue weighted by Crippen LogP contribution is -2.28. The Labute approximate surface area is 138 Å². The Hall–Kier alpha value is -1.92. The van der Waals surface area contributed by atoms with Crippen LogP contribution in [-0.2, 0) is 15.4 Å². The Kier molecular flexibility index (Phi) is 5.06. The number of pyridine rings is 1. The van der Waals surface area contributed by atoms with Gasteiger partial charge in [-0.3, -0.25) is 0 Å². The van der Waals surface area contributed by atoms with Gasteiger partial charge in [0.25, 0.3) is 0 Å². The summed E-state index contributed by atoms with van der Waals surface area (Å²) in [5.41, 5.74) is 2.42. The third kappa shape index (κ3) is 4.30. The van der Waals surface area contributed by atoms with Gasteiger partial charge in [0.15, 0.2) is 0 Å². The van der Waals surface area contributed by atoms with Crippen LogP contribution in [0.5, 0.6) is 0 Å². The first kappa shape index (κ1) is 17.4. The van der Waals surface area contributed by atoms with E-state index in [9.17, 15) is 8.42 Å². The maximum Gasteiger partial charge on any atom is 0.241 e. The van der Waals surface area contributed by atoms with Crippen LogP contribution in [0.1, 0.15) is 25.0 Å². The molecular weight excluding hydrogens is 310 g/mol. The maximum absolute atomic E-state index is 11.7. The Morgan fingerprint density at radius 1 is 1.17 bits per heavy atom. The van der Waals surface area contributed by atoms with Crippen molar-refractivity contribution < 1.29 is 8.42 Å². The molecule has 23 heavy (non-hydrogen) atoms. The monoisotopic (exact) mass is 333 g/mol. The number of rotatable bonds is 6. The van der Waals surface area contributed by atoms with Crippen molar-refractivity contribution in [1.82, 2.24) is 9.71 Å². The molecule has 1 aromatic carbocycles. The number of nitrogens with one attached hydrogen (secondary N) is 2. The maximum atomic E-state index is 11.7. The second-order valence-electron chi connectivity index (χ2n) is 6.19. The smallest absolute Gasteiger partial charge is 0.241 e. The summed E-state index contributed by atoms with van der Waals surface area (Å²) in [7, 11) is -2.07. The lowest BCUT2D eigenvalue weighted by Gasteiger charge is -2.26. The zero-order valence-corrected chi connectivity index (χ0v) is 14.7. The fourth-order valence-corrected chi connectivity index (χ4v) is 2.92. The molecule has 1 aromatic heterocycles. The normalized spacial score (nSPS) is 12.2. The molecule has 2 N–H and O–H groups in total. The van der Waals surface area contributed by atoms with Gasteiger partial charge in [-0.1, -0.05) is 43.7 Å². The van der Waals surface area contributed by atoms with Crippen molar-refractivity contribution >= 4 is 15.8 Å². The predicted octanol–water partition coefficient (Wildman–Crippen LogP) is 2.69. The number of nitrogens with zero attached hydrogens (tertiary/aromatic N) is 1. The summed E-state index contributed by atoms with van der Waals surface area (Å²) in [5.74, 6) is 0.654. The lowest BCUT2D eigenvalue weighted by atomic mass is 9.84. The zero-order valence-electron chi connectivity index (χ0n) is 13.9. The van der Waals surface area contributed by atoms with E-state index in [1.54, 1.807) is 12.1 Å². The van der Waals surface area contributed by atoms with Crippen LogP contribution in [0, 0.1) is 6.92 Å². The summed E-state index contributed by atoms with van der Waals surface area (Å²) in [6, 6.07) is 11.7. The minimum absolute atomic E-state index is 0.0660. The van der Waals surface area contributed by atoms with Crippen LogP contribution < -0.4 is 10.0 Å². The number of hydrogen-bond donors (Lipinski definition) is 2. The fraction of sp³-hybridized carbons (Fsp3) is 0.353. The van der Waals surface area contributed by atoms with Gasteiger partial charge in [0.2, 0.25) is 10.0 Å². The van der Waals surface area contributed by atoms with Gasteiger partial charge in [0, 0.05) is 18.2 Å². The first-order valence-electron chi connectivity index (χ1n) is 7.45. The molecule has 1 heterocycles. The summed E-state index contributed by atoms with van der Waals surface area (Å²) >= 11 is 0. The van der Waals surface area contributed by atoms with Crippen LogP contribution in [0.25, 0.3) is 0 Å². The van der Waals surface area contributed by atoms with Gasteiger partial charge < -0.3 is 5.32 Å². The number of hydrogen-bond acceptors (Lipinski definition) is 4. The summed E-state index contributed by atoms with van der Waals surface area (Å²) in [4.78, 5) is 4.33. The molecule has 0 unspecified atom stereocenters. The average molecular weight is 333 g/mol. The van der Waals surface area contributed by atoms with Crippen molar-refractivity contribution in [3.63, 3.8) is 0 Å². The van der Waals surface area contributed by atoms with Gasteiger partial charge >= 0.3 is 0 Å². The molecule has 124 valence electrons. The van der Waals surface area contributed by atoms with Crippen LogP contribution in [0.3, 0.4) is 0 Å². The van der Waals surface area contributed by atoms with Crippen molar-refractivity contribution in [3.8, 4) is 0 Å². The SMILES string of the molecule is CNS(=O)(=O)c1ccc(NCC(C)(C)c2cccc(C)c2)nc1. The standard InChI is InChI=1S/C17H23N3O2S/c1-13-6-5-7-14(10-13)17(2,3)12-20-16-9-8-15(11-19-16)23(21,22)18-4/h5-11,18H,12H2,1-4H3,(H,19,20). The Bertz CT molecular complexity index is 769. The first-order valence-corrected chi connectivity index (χ1v) is 8.93. The quantitative estimate of drug-likeness (QED) is 0.852. The lowest BCUT2D eigenvalue weighted by molar-refractivity contribution is 0.555. The van der Waals surface area contributed by atoms with E-state index in [-0.39, 0.29) is 10.3 Å². The molecule has 0 fully saturated rings. The minimum Gasteiger partial charge on any atom is -0.369 e. The van der Waals surface area contributed by atoms with Gasteiger partial charge in [0.05, 0.1) is 0 Å². The van der Waals surface area contributed by atoms with Crippen molar-refractivity contribution in [2.24, 2.45) is 0 Å². The van der Waals surface area contributed by atoms with E-state index in [1.165, 1.54) is 24.4 Å². The predicted molar refractivity (Wildman–Crippen MR) is 93.2 cm³/mol. The summed E-state index contributed by atoms with van der Waals surface area (Å²) in [6.07, 6.45) is 1.35. The fourth-order valence-electron chi connectivity index (χ4n) is 2.24. The van der Waals surface area contributed by atoms with E-state index < -0.39 is 10.0 Å². The second-order valence-corrected chi connectivity index (χ2v) is 8.08. The van der Waals surface area contributed by atoms with Crippen LogP contribution in [0.2, 0.25) is 0 Å². The molecule has 0 aliphatic heterocycles. The molecule has 0 saturated heterocycles. The number of anilines is 1. The van der Waals surface area contributed by atoms with Gasteiger partial charge in [-0.15, -0.1) is 0 Å². The van der Waals surface area contributed by atoms with Crippen LogP contribution in [0.15, 0.2) is 47.5 Å². The third-order valence-corrected chi connectivity index (χ3v) is 5.23. The van der Waals surface area contributed by atoms with E-state index in [2.05, 4.69) is 60.1 Å². The molecule has 0 radical (unpaired) electrons. The molecule has 0 atom stereocenters. The van der Waals surface area contributed by atoms with Crippen LogP contribution >= 0.6 is 0 Å². The summed E-state index contributed by atoms with van der Waals surface area (Å²) in [5, 5.41) is 3.27. The van der Waals surface area contributed by atoms with Gasteiger partial charge in [-0.05, 0) is 31.7 Å². The molecular formula is C17H23N3O2S. The highest BCUT2D eigenvalue weighted by molar-refractivity contribution is 7.89. The number of sulfonamides is 1. The van der Waals surface area contributed by atoms with E-state index in [0.29, 0.717) is 12.4 Å². The molecule has 2 rings (SSSR count). The zero-order chi connectivity index (χ0) is 17.1. The van der Waals surface area contributed by atoms with Crippen molar-refractivity contribution in [2.45, 2.75) is 31.1 Å². The van der Waals surface area contributed by atoms with Crippen LogP contribution in [0.4, 0.5) is 5.82 Å². The summed E-state index contributed by atoms with van der Waals surface area (Å²) < 4.78 is 25.6. The molecule has 0 aliphatic carbocycles. The molecule has 6 heteroatoms. The molecule has 0 spiro atoms. The van der Waals surface area contributed by atoms with Crippen molar-refractivity contribution in [2.75, 3.05) is 18.9 Å². The Morgan fingerprint density at radius 3 is 2.48 bits per heavy atom. The van der Waals surface area contributed by atoms with Crippen molar-refractivity contribution in [1.29, 1.82) is 0 Å². The molecule has 5 nitrogen and oxygen atoms in total. The number of aryl methyl sites for hydroxylation is 1. The third-order valence-electron chi connectivity index (χ3n) is 3.83. The molecule has 0 bridgehead atoms. The first-order chi connectivity index (χ1) is 10.7. The van der Waals surface area contributed by atoms with E-state index >= 15 is 0 Å². The molecule has 2 aromatic rings. The van der Waals surface area contributed by atoms with Gasteiger partial charge in [0.1, 0.15) is 10.7 Å². The molecule has 0 saturated carbocycles. The van der Waals surface area contributed by atoms with E-state index in [1.807, 2.05) is 0 Å². The van der Waals surface area contributed by atoms with Gasteiger partial charge in [-0.2, -0.15) is 0 Å². The highest BCUT2D eigenvalue weighted by Gasteiger charge is 2.20. The molecule has 0 aliphatic rings. The number of benzene rings is 1. The topological polar surface area (TPSA) is 71.1 Å². The highest BCUT2D eigenvalue weighted by Crippen LogP contribution is 2.24. The number of aromatic nitrogens is 1. The van der Waals surface area contributed by atoms with Crippen LogP contribution in [-0.4, -0.2) is 27.0 Å². The summed E-state index contributed by atoms with van der Waals surface area (Å²) in [6.45, 7) is 7.10. The van der Waals surface area contributed by atoms with E-state index in [4.69, 9.17) is 0 Å². The minimum atomic E-state index is -3.45. The Balaban J connectivity index is 2.08. The van der Waals surface area contributed by atoms with Gasteiger partial charge in [-0.25, -0.2) is 18.1 Å².